The van der Waals surface area contributed by atoms with Crippen molar-refractivity contribution in [3.8, 4) is 0 Å². The van der Waals surface area contributed by atoms with Gasteiger partial charge in [-0.3, -0.25) is 24.4 Å². The van der Waals surface area contributed by atoms with E-state index in [-0.39, 0.29) is 18.4 Å². The number of halogens is 1. The van der Waals surface area contributed by atoms with Gasteiger partial charge in [0.15, 0.2) is 0 Å². The average Bonchev–Trinajstić information content (AvgIpc) is 3.34. The number of sulfonamides is 1. The number of aromatic nitrogens is 2. The number of hydroxylamine groups is 1. The van der Waals surface area contributed by atoms with Crippen LogP contribution in [0.5, 0.6) is 0 Å². The molecule has 1 aliphatic heterocycles. The number of rotatable bonds is 8. The molecule has 2 amide bonds. The second-order valence-corrected chi connectivity index (χ2v) is 12.3. The predicted octanol–water partition coefficient (Wildman–Crippen LogP) is 2.80. The third-order valence-corrected chi connectivity index (χ3v) is 8.37. The molecule has 5 atom stereocenters. The zero-order valence-electron chi connectivity index (χ0n) is 21.4. The van der Waals surface area contributed by atoms with Gasteiger partial charge < -0.3 is 4.90 Å². The Morgan fingerprint density at radius 1 is 1.21 bits per heavy atom. The van der Waals surface area contributed by atoms with Crippen molar-refractivity contribution in [2.75, 3.05) is 6.26 Å². The molecule has 12 heteroatoms. The number of carbonyl (C=O) groups excluding carboxylic acids is 2. The average molecular weight is 572 g/mol. The number of nitrogens with zero attached hydrogens (tertiary/aromatic N) is 3. The van der Waals surface area contributed by atoms with Gasteiger partial charge in [-0.2, -0.15) is 0 Å². The van der Waals surface area contributed by atoms with Crippen molar-refractivity contribution < 1.29 is 22.8 Å². The van der Waals surface area contributed by atoms with E-state index in [0.717, 1.165) is 19.1 Å². The summed E-state index contributed by atoms with van der Waals surface area (Å²) in [5.74, 6) is -1.85. The molecule has 1 fully saturated rings. The molecular weight excluding hydrogens is 542 g/mol. The molecule has 2 aromatic rings. The molecule has 0 spiro atoms. The number of carbonyl (C=O) groups is 2. The van der Waals surface area contributed by atoms with Crippen molar-refractivity contribution in [3.63, 3.8) is 0 Å². The third kappa shape index (κ3) is 6.06. The van der Waals surface area contributed by atoms with Crippen LogP contribution in [-0.4, -0.2) is 59.5 Å². The first-order valence-electron chi connectivity index (χ1n) is 12.8. The lowest BCUT2D eigenvalue weighted by Crippen LogP contribution is -2.63. The fourth-order valence-electron chi connectivity index (χ4n) is 5.87. The molecule has 0 radical (unpaired) electrons. The Bertz CT molecular complexity index is 1400. The highest BCUT2D eigenvalue weighted by Crippen LogP contribution is 2.43. The van der Waals surface area contributed by atoms with Crippen molar-refractivity contribution in [2.45, 2.75) is 56.3 Å². The van der Waals surface area contributed by atoms with E-state index in [1.165, 1.54) is 6.20 Å². The van der Waals surface area contributed by atoms with Gasteiger partial charge in [0.25, 0.3) is 11.8 Å². The van der Waals surface area contributed by atoms with Gasteiger partial charge in [0.2, 0.25) is 10.0 Å². The summed E-state index contributed by atoms with van der Waals surface area (Å²) in [6.45, 7) is 0.0132. The van der Waals surface area contributed by atoms with Crippen LogP contribution in [0, 0.1) is 5.92 Å². The number of benzene rings is 1. The normalized spacial score (nSPS) is 26.7. The van der Waals surface area contributed by atoms with E-state index >= 15 is 0 Å². The number of hydrogen-bond acceptors (Lipinski definition) is 7. The van der Waals surface area contributed by atoms with E-state index in [0.29, 0.717) is 34.7 Å². The minimum atomic E-state index is -3.53. The molecule has 1 aromatic heterocycles. The molecule has 0 saturated heterocycles. The Balaban J connectivity index is 1.54. The molecule has 2 aliphatic carbocycles. The first-order chi connectivity index (χ1) is 18.7. The molecule has 3 aliphatic rings. The number of amides is 2. The number of fused-ring (bicyclic) bond motifs is 1. The standard InChI is InChI=1S/C27H30ClN5O5S/c1-39(36,37)32-22-8-4-5-9-23(22)33-25(17-10-11-18(28)14-17)24(20-6-2-3-7-21(20)27(33)35)26(34)31-38-16-19-15-29-12-13-30-19/h2-3,6-7,10-15,17,22-25,32H,4-5,8-9,16H2,1H3,(H,31,34)/t17?,22-,23-,24+,25?/m0/s1. The lowest BCUT2D eigenvalue weighted by atomic mass is 9.74. The number of hydrogen-bond donors (Lipinski definition) is 2. The lowest BCUT2D eigenvalue weighted by Gasteiger charge is -2.50. The quantitative estimate of drug-likeness (QED) is 0.466. The molecule has 0 bridgehead atoms. The van der Waals surface area contributed by atoms with Gasteiger partial charge in [-0.05, 0) is 30.5 Å². The van der Waals surface area contributed by atoms with Gasteiger partial charge in [0.05, 0.1) is 30.1 Å². The summed E-state index contributed by atoms with van der Waals surface area (Å²) in [6, 6.07) is 5.45. The van der Waals surface area contributed by atoms with Crippen molar-refractivity contribution in [3.05, 3.63) is 82.9 Å². The van der Waals surface area contributed by atoms with E-state index in [9.17, 15) is 18.0 Å². The van der Waals surface area contributed by atoms with Gasteiger partial charge in [0.1, 0.15) is 6.61 Å². The molecule has 2 unspecified atom stereocenters. The molecule has 1 saturated carbocycles. The Morgan fingerprint density at radius 3 is 2.72 bits per heavy atom. The monoisotopic (exact) mass is 571 g/mol. The SMILES string of the molecule is CS(=O)(=O)N[C@H]1CCCC[C@@H]1N1C(=O)c2ccccc2[C@@H](C(=O)NOCc2cnccn2)C1C1C=CC(Cl)=C1. The summed E-state index contributed by atoms with van der Waals surface area (Å²) in [7, 11) is -3.53. The topological polar surface area (TPSA) is 131 Å². The first kappa shape index (κ1) is 27.4. The fourth-order valence-corrected chi connectivity index (χ4v) is 6.92. The summed E-state index contributed by atoms with van der Waals surface area (Å²) in [5, 5.41) is 0.513. The van der Waals surface area contributed by atoms with E-state index in [4.69, 9.17) is 16.4 Å². The zero-order chi connectivity index (χ0) is 27.6. The minimum absolute atomic E-state index is 0.0132. The predicted molar refractivity (Wildman–Crippen MR) is 145 cm³/mol. The van der Waals surface area contributed by atoms with Gasteiger partial charge in [-0.15, -0.1) is 0 Å². The van der Waals surface area contributed by atoms with E-state index in [2.05, 4.69) is 20.2 Å². The van der Waals surface area contributed by atoms with Gasteiger partial charge in [-0.25, -0.2) is 18.6 Å². The van der Waals surface area contributed by atoms with Crippen LogP contribution >= 0.6 is 11.6 Å². The highest BCUT2D eigenvalue weighted by Gasteiger charge is 2.50. The zero-order valence-corrected chi connectivity index (χ0v) is 22.9. The highest BCUT2D eigenvalue weighted by atomic mass is 35.5. The summed E-state index contributed by atoms with van der Waals surface area (Å²) < 4.78 is 27.3. The van der Waals surface area contributed by atoms with Crippen molar-refractivity contribution in [1.82, 2.24) is 25.1 Å². The third-order valence-electron chi connectivity index (χ3n) is 7.39. The maximum absolute atomic E-state index is 14.1. The van der Waals surface area contributed by atoms with Crippen LogP contribution < -0.4 is 10.2 Å². The van der Waals surface area contributed by atoms with Gasteiger partial charge >= 0.3 is 0 Å². The maximum atomic E-state index is 14.1. The van der Waals surface area contributed by atoms with Crippen LogP contribution in [0.25, 0.3) is 0 Å². The van der Waals surface area contributed by atoms with Gasteiger partial charge in [-0.1, -0.05) is 54.8 Å². The summed E-state index contributed by atoms with van der Waals surface area (Å²) >= 11 is 6.33. The first-order valence-corrected chi connectivity index (χ1v) is 15.1. The Kier molecular flexibility index (Phi) is 8.13. The summed E-state index contributed by atoms with van der Waals surface area (Å²) in [5.41, 5.74) is 4.09. The Labute approximate surface area is 232 Å². The molecule has 206 valence electrons. The van der Waals surface area contributed by atoms with E-state index < -0.39 is 40.0 Å². The minimum Gasteiger partial charge on any atom is -0.329 e. The number of nitrogens with one attached hydrogen (secondary N) is 2. The molecule has 2 N–H and O–H groups in total. The van der Waals surface area contributed by atoms with Crippen molar-refractivity contribution >= 4 is 33.4 Å². The van der Waals surface area contributed by atoms with Crippen molar-refractivity contribution in [1.29, 1.82) is 0 Å². The summed E-state index contributed by atoms with van der Waals surface area (Å²) in [6.07, 6.45) is 14.0. The smallest absolute Gasteiger partial charge is 0.254 e. The van der Waals surface area contributed by atoms with E-state index in [1.54, 1.807) is 47.6 Å². The maximum Gasteiger partial charge on any atom is 0.254 e. The lowest BCUT2D eigenvalue weighted by molar-refractivity contribution is -0.138. The molecule has 2 heterocycles. The van der Waals surface area contributed by atoms with Crippen LogP contribution in [-0.2, 0) is 26.3 Å². The van der Waals surface area contributed by atoms with Crippen molar-refractivity contribution in [2.24, 2.45) is 5.92 Å². The Hall–Kier alpha value is -3.12. The molecule has 1 aromatic carbocycles. The van der Waals surface area contributed by atoms with Crippen LogP contribution in [0.3, 0.4) is 0 Å². The molecular formula is C27H30ClN5O5S. The van der Waals surface area contributed by atoms with E-state index in [1.807, 2.05) is 12.2 Å². The molecule has 10 nitrogen and oxygen atoms in total. The fraction of sp³-hybridized carbons (Fsp3) is 0.407. The highest BCUT2D eigenvalue weighted by molar-refractivity contribution is 7.88. The van der Waals surface area contributed by atoms with Crippen LogP contribution in [0.1, 0.15) is 53.2 Å². The Morgan fingerprint density at radius 2 is 2.00 bits per heavy atom. The molecule has 5 rings (SSSR count). The largest absolute Gasteiger partial charge is 0.329 e. The molecule has 39 heavy (non-hydrogen) atoms. The van der Waals surface area contributed by atoms with Gasteiger partial charge in [0, 0.05) is 41.0 Å². The second kappa shape index (κ2) is 11.5. The van der Waals surface area contributed by atoms with Crippen LogP contribution in [0.15, 0.2) is 66.1 Å². The van der Waals surface area contributed by atoms with Crippen LogP contribution in [0.2, 0.25) is 0 Å². The van der Waals surface area contributed by atoms with Crippen LogP contribution in [0.4, 0.5) is 0 Å². The number of allylic oxidation sites excluding steroid dienone is 2. The summed E-state index contributed by atoms with van der Waals surface area (Å²) in [4.78, 5) is 43.4. The second-order valence-electron chi connectivity index (χ2n) is 10.1.